The minimum atomic E-state index is -4.49. The van der Waals surface area contributed by atoms with Gasteiger partial charge in [-0.25, -0.2) is 9.78 Å². The van der Waals surface area contributed by atoms with Crippen molar-refractivity contribution in [3.63, 3.8) is 0 Å². The number of aryl methyl sites for hydroxylation is 1. The number of hydrogen-bond acceptors (Lipinski definition) is 8. The first-order valence-corrected chi connectivity index (χ1v) is 13.1. The number of hydrogen-bond donors (Lipinski definition) is 1. The molecule has 0 fully saturated rings. The lowest BCUT2D eigenvalue weighted by molar-refractivity contribution is -0.137. The lowest BCUT2D eigenvalue weighted by Gasteiger charge is -2.27. The standard InChI is InChI=1S/C28H26F3N7O4/c1-3-6-21(39)15-36-16-33-24-23(26(36)40)38(42-27(41)22-9-5-10-32-17(22)2)25(35-24)19-12-34-37(14-19)13-18-7-4-8-20(11-18)28(29,30)31/h4-5,7-12,14,33H,3,6,13,15-16H2,1-2H3. The monoisotopic (exact) mass is 581 g/mol. The number of carbonyl (C=O) groups excluding carboxylic acids is 3. The van der Waals surface area contributed by atoms with Crippen LogP contribution in [0.25, 0.3) is 11.4 Å². The number of anilines is 1. The molecule has 5 rings (SSSR count). The third kappa shape index (κ3) is 5.87. The van der Waals surface area contributed by atoms with Crippen LogP contribution < -0.4 is 10.2 Å². The van der Waals surface area contributed by atoms with Crippen LogP contribution in [0.15, 0.2) is 55.0 Å². The van der Waals surface area contributed by atoms with Gasteiger partial charge >= 0.3 is 12.1 Å². The molecule has 0 saturated heterocycles. The van der Waals surface area contributed by atoms with Gasteiger partial charge in [0.15, 0.2) is 23.1 Å². The van der Waals surface area contributed by atoms with Gasteiger partial charge in [0, 0.05) is 18.8 Å². The summed E-state index contributed by atoms with van der Waals surface area (Å²) in [5.41, 5.74) is 0.390. The molecule has 11 nitrogen and oxygen atoms in total. The minimum absolute atomic E-state index is 0.0161. The molecule has 0 spiro atoms. The smallest absolute Gasteiger partial charge is 0.350 e. The maximum absolute atomic E-state index is 13.5. The number of nitrogens with one attached hydrogen (secondary N) is 1. The van der Waals surface area contributed by atoms with E-state index in [9.17, 15) is 27.6 Å². The van der Waals surface area contributed by atoms with Crippen LogP contribution in [0, 0.1) is 6.92 Å². The number of halogens is 3. The van der Waals surface area contributed by atoms with Crippen molar-refractivity contribution in [2.45, 2.75) is 39.4 Å². The summed E-state index contributed by atoms with van der Waals surface area (Å²) in [5, 5.41) is 7.24. The van der Waals surface area contributed by atoms with E-state index in [1.165, 1.54) is 40.3 Å². The van der Waals surface area contributed by atoms with Gasteiger partial charge in [0.2, 0.25) is 0 Å². The second-order valence-corrected chi connectivity index (χ2v) is 9.69. The Morgan fingerprint density at radius 1 is 1.17 bits per heavy atom. The third-order valence-electron chi connectivity index (χ3n) is 6.55. The van der Waals surface area contributed by atoms with Crippen LogP contribution in [0.4, 0.5) is 19.0 Å². The van der Waals surface area contributed by atoms with Gasteiger partial charge in [-0.2, -0.15) is 18.3 Å². The highest BCUT2D eigenvalue weighted by atomic mass is 19.4. The maximum Gasteiger partial charge on any atom is 0.416 e. The average molecular weight is 582 g/mol. The van der Waals surface area contributed by atoms with Crippen LogP contribution in [0.3, 0.4) is 0 Å². The van der Waals surface area contributed by atoms with Crippen LogP contribution in [-0.4, -0.2) is 60.3 Å². The van der Waals surface area contributed by atoms with E-state index >= 15 is 0 Å². The van der Waals surface area contributed by atoms with Crippen LogP contribution in [0.2, 0.25) is 0 Å². The Morgan fingerprint density at radius 2 is 1.98 bits per heavy atom. The van der Waals surface area contributed by atoms with Gasteiger partial charge in [-0.05, 0) is 43.2 Å². The lowest BCUT2D eigenvalue weighted by Crippen LogP contribution is -2.44. The van der Waals surface area contributed by atoms with Crippen molar-refractivity contribution in [3.8, 4) is 11.4 Å². The molecule has 0 unspecified atom stereocenters. The molecule has 0 aliphatic carbocycles. The number of carbonyl (C=O) groups is 3. The fourth-order valence-corrected chi connectivity index (χ4v) is 4.51. The molecule has 42 heavy (non-hydrogen) atoms. The van der Waals surface area contributed by atoms with E-state index in [0.29, 0.717) is 29.7 Å². The van der Waals surface area contributed by atoms with Gasteiger partial charge in [-0.15, -0.1) is 4.73 Å². The summed E-state index contributed by atoms with van der Waals surface area (Å²) in [6.07, 6.45) is 0.888. The second-order valence-electron chi connectivity index (χ2n) is 9.69. The number of nitrogens with zero attached hydrogens (tertiary/aromatic N) is 6. The van der Waals surface area contributed by atoms with E-state index in [1.54, 1.807) is 19.1 Å². The first kappa shape index (κ1) is 28.5. The molecule has 0 bridgehead atoms. The number of pyridine rings is 1. The molecule has 1 amide bonds. The van der Waals surface area contributed by atoms with Crippen molar-refractivity contribution in [1.29, 1.82) is 0 Å². The number of rotatable bonds is 9. The maximum atomic E-state index is 13.5. The molecule has 1 N–H and O–H groups in total. The van der Waals surface area contributed by atoms with Crippen LogP contribution in [0.5, 0.6) is 0 Å². The zero-order valence-corrected chi connectivity index (χ0v) is 22.7. The van der Waals surface area contributed by atoms with Crippen molar-refractivity contribution in [3.05, 3.63) is 83.1 Å². The quantitative estimate of drug-likeness (QED) is 0.315. The number of fused-ring (bicyclic) bond motifs is 1. The largest absolute Gasteiger partial charge is 0.416 e. The SMILES string of the molecule is CCCC(=O)CN1CNc2nc(-c3cnn(Cc4cccc(C(F)(F)F)c4)c3)n(OC(=O)c3cccnc3C)c2C1=O. The minimum Gasteiger partial charge on any atom is -0.350 e. The van der Waals surface area contributed by atoms with Gasteiger partial charge in [0.25, 0.3) is 5.91 Å². The molecular formula is C28H26F3N7O4. The predicted octanol–water partition coefficient (Wildman–Crippen LogP) is 3.98. The summed E-state index contributed by atoms with van der Waals surface area (Å²) in [6, 6.07) is 7.98. The Morgan fingerprint density at radius 3 is 2.71 bits per heavy atom. The number of alkyl halides is 3. The first-order chi connectivity index (χ1) is 20.0. The van der Waals surface area contributed by atoms with E-state index in [2.05, 4.69) is 20.4 Å². The van der Waals surface area contributed by atoms with Crippen molar-refractivity contribution in [1.82, 2.24) is 29.4 Å². The zero-order chi connectivity index (χ0) is 30.0. The lowest BCUT2D eigenvalue weighted by atomic mass is 10.1. The topological polar surface area (TPSA) is 124 Å². The molecule has 0 saturated carbocycles. The van der Waals surface area contributed by atoms with Gasteiger partial charge in [-0.1, -0.05) is 19.1 Å². The zero-order valence-electron chi connectivity index (χ0n) is 22.7. The fraction of sp³-hybridized carbons (Fsp3) is 0.286. The summed E-state index contributed by atoms with van der Waals surface area (Å²) in [5.74, 6) is -1.31. The summed E-state index contributed by atoms with van der Waals surface area (Å²) < 4.78 is 41.9. The van der Waals surface area contributed by atoms with Crippen molar-refractivity contribution < 1.29 is 32.4 Å². The van der Waals surface area contributed by atoms with Gasteiger partial charge in [0.05, 0.1) is 48.3 Å². The highest BCUT2D eigenvalue weighted by Crippen LogP contribution is 2.31. The highest BCUT2D eigenvalue weighted by Gasteiger charge is 2.35. The van der Waals surface area contributed by atoms with Gasteiger partial charge in [0.1, 0.15) is 0 Å². The molecular weight excluding hydrogens is 555 g/mol. The summed E-state index contributed by atoms with van der Waals surface area (Å²) in [6.45, 7) is 3.39. The Labute approximate surface area is 237 Å². The Hall–Kier alpha value is -5.01. The van der Waals surface area contributed by atoms with E-state index in [1.807, 2.05) is 6.92 Å². The molecule has 1 aromatic carbocycles. The van der Waals surface area contributed by atoms with Crippen molar-refractivity contribution >= 4 is 23.5 Å². The first-order valence-electron chi connectivity index (χ1n) is 13.1. The Bertz CT molecular complexity index is 1660. The normalized spacial score (nSPS) is 13.1. The summed E-state index contributed by atoms with van der Waals surface area (Å²) in [4.78, 5) is 54.6. The molecule has 1 aliphatic rings. The van der Waals surface area contributed by atoms with E-state index in [4.69, 9.17) is 4.84 Å². The van der Waals surface area contributed by atoms with Crippen molar-refractivity contribution in [2.24, 2.45) is 0 Å². The van der Waals surface area contributed by atoms with E-state index in [-0.39, 0.29) is 48.4 Å². The summed E-state index contributed by atoms with van der Waals surface area (Å²) >= 11 is 0. The molecule has 0 radical (unpaired) electrons. The Kier molecular flexibility index (Phi) is 7.79. The van der Waals surface area contributed by atoms with Gasteiger partial charge in [-0.3, -0.25) is 19.3 Å². The second kappa shape index (κ2) is 11.5. The molecule has 4 heterocycles. The molecule has 14 heteroatoms. The van der Waals surface area contributed by atoms with E-state index in [0.717, 1.165) is 16.9 Å². The summed E-state index contributed by atoms with van der Waals surface area (Å²) in [7, 11) is 0. The number of ketones is 1. The van der Waals surface area contributed by atoms with Crippen LogP contribution >= 0.6 is 0 Å². The van der Waals surface area contributed by atoms with Crippen molar-refractivity contribution in [2.75, 3.05) is 18.5 Å². The number of amides is 1. The van der Waals surface area contributed by atoms with E-state index < -0.39 is 23.6 Å². The predicted molar refractivity (Wildman–Crippen MR) is 143 cm³/mol. The van der Waals surface area contributed by atoms with Gasteiger partial charge < -0.3 is 15.1 Å². The third-order valence-corrected chi connectivity index (χ3v) is 6.55. The Balaban J connectivity index is 1.50. The molecule has 3 aromatic heterocycles. The number of aromatic nitrogens is 5. The highest BCUT2D eigenvalue weighted by molar-refractivity contribution is 6.02. The fourth-order valence-electron chi connectivity index (χ4n) is 4.51. The molecule has 218 valence electrons. The molecule has 1 aliphatic heterocycles. The number of benzene rings is 1. The molecule has 4 aromatic rings. The number of imidazole rings is 1. The molecule has 0 atom stereocenters. The average Bonchev–Trinajstić information content (AvgIpc) is 3.55. The van der Waals surface area contributed by atoms with Crippen LogP contribution in [0.1, 0.15) is 57.4 Å². The van der Waals surface area contributed by atoms with Crippen LogP contribution in [-0.2, 0) is 17.5 Å². The number of Topliss-reactive ketones (excluding diaryl/α,β-unsaturated/α-hetero) is 1.